The maximum absolute atomic E-state index is 13.4. The molecule has 0 fully saturated rings. The summed E-state index contributed by atoms with van der Waals surface area (Å²) in [6, 6.07) is 22.5. The molecule has 0 radical (unpaired) electrons. The van der Waals surface area contributed by atoms with Gasteiger partial charge in [0, 0.05) is 22.7 Å². The van der Waals surface area contributed by atoms with E-state index in [0.29, 0.717) is 11.4 Å². The van der Waals surface area contributed by atoms with Gasteiger partial charge in [0.1, 0.15) is 5.75 Å². The molecule has 2 aliphatic rings. The van der Waals surface area contributed by atoms with Crippen molar-refractivity contribution in [3.8, 4) is 5.75 Å². The van der Waals surface area contributed by atoms with Crippen molar-refractivity contribution in [2.45, 2.75) is 24.8 Å². The summed E-state index contributed by atoms with van der Waals surface area (Å²) in [6.07, 6.45) is 1.17. The Morgan fingerprint density at radius 1 is 0.867 bits per heavy atom. The van der Waals surface area contributed by atoms with Gasteiger partial charge in [0.25, 0.3) is 0 Å². The number of aromatic hydroxyl groups is 1. The topological polar surface area (TPSA) is 61.4 Å². The molecule has 1 aliphatic carbocycles. The number of ketones is 1. The first-order chi connectivity index (χ1) is 14.6. The first kappa shape index (κ1) is 18.8. The van der Waals surface area contributed by atoms with E-state index in [2.05, 4.69) is 10.6 Å². The summed E-state index contributed by atoms with van der Waals surface area (Å²) in [5, 5.41) is 17.8. The number of para-hydroxylation sites is 2. The summed E-state index contributed by atoms with van der Waals surface area (Å²) in [6.45, 7) is 0. The standard InChI is InChI=1S/C25H21ClN2O2/c26-18-10-8-15(9-11-18)17-13-22-24(23(30)14-17)25(16-4-3-5-19(29)12-16)28-21-7-2-1-6-20(21)27-22/h1-12,17,25,27-29H,13-14H2. The third-order valence-electron chi connectivity index (χ3n) is 5.85. The van der Waals surface area contributed by atoms with E-state index in [0.717, 1.165) is 40.2 Å². The normalized spacial score (nSPS) is 20.5. The van der Waals surface area contributed by atoms with Gasteiger partial charge in [-0.3, -0.25) is 4.79 Å². The number of Topliss-reactive ketones (excluding diaryl/α,β-unsaturated/α-hetero) is 1. The highest BCUT2D eigenvalue weighted by molar-refractivity contribution is 6.30. The molecule has 3 aromatic rings. The molecule has 1 aliphatic heterocycles. The second-order valence-electron chi connectivity index (χ2n) is 7.82. The van der Waals surface area contributed by atoms with Crippen LogP contribution >= 0.6 is 11.6 Å². The van der Waals surface area contributed by atoms with Crippen LogP contribution in [-0.2, 0) is 4.79 Å². The Bertz CT molecular complexity index is 1150. The molecule has 3 N–H and O–H groups in total. The molecule has 30 heavy (non-hydrogen) atoms. The first-order valence-corrected chi connectivity index (χ1v) is 10.4. The van der Waals surface area contributed by atoms with Crippen LogP contribution < -0.4 is 10.6 Å². The zero-order chi connectivity index (χ0) is 20.7. The number of rotatable bonds is 2. The van der Waals surface area contributed by atoms with Crippen molar-refractivity contribution in [3.05, 3.63) is 100 Å². The number of halogens is 1. The predicted octanol–water partition coefficient (Wildman–Crippen LogP) is 6.03. The van der Waals surface area contributed by atoms with E-state index in [9.17, 15) is 9.90 Å². The van der Waals surface area contributed by atoms with Crippen LogP contribution in [0.4, 0.5) is 11.4 Å². The molecule has 3 aromatic carbocycles. The average molecular weight is 417 g/mol. The van der Waals surface area contributed by atoms with E-state index >= 15 is 0 Å². The Balaban J connectivity index is 1.61. The lowest BCUT2D eigenvalue weighted by Crippen LogP contribution is -2.26. The number of nitrogens with one attached hydrogen (secondary N) is 2. The smallest absolute Gasteiger partial charge is 0.163 e. The molecule has 2 atom stereocenters. The first-order valence-electron chi connectivity index (χ1n) is 10.0. The van der Waals surface area contributed by atoms with Crippen LogP contribution in [-0.4, -0.2) is 10.9 Å². The lowest BCUT2D eigenvalue weighted by molar-refractivity contribution is -0.116. The number of anilines is 2. The van der Waals surface area contributed by atoms with Crippen LogP contribution in [0.5, 0.6) is 5.75 Å². The van der Waals surface area contributed by atoms with Gasteiger partial charge < -0.3 is 15.7 Å². The summed E-state index contributed by atoms with van der Waals surface area (Å²) in [4.78, 5) is 13.4. The monoisotopic (exact) mass is 416 g/mol. The van der Waals surface area contributed by atoms with Crippen LogP contribution in [0.2, 0.25) is 5.02 Å². The van der Waals surface area contributed by atoms with Gasteiger partial charge in [-0.15, -0.1) is 0 Å². The molecule has 2 unspecified atom stereocenters. The molecule has 5 heteroatoms. The van der Waals surface area contributed by atoms with Gasteiger partial charge in [-0.1, -0.05) is 48.0 Å². The predicted molar refractivity (Wildman–Crippen MR) is 120 cm³/mol. The minimum Gasteiger partial charge on any atom is -0.508 e. The number of fused-ring (bicyclic) bond motifs is 1. The van der Waals surface area contributed by atoms with Crippen molar-refractivity contribution in [1.82, 2.24) is 0 Å². The number of carbonyl (C=O) groups is 1. The number of carbonyl (C=O) groups excluding carboxylic acids is 1. The number of phenolic OH excluding ortho intramolecular Hbond substituents is 1. The fourth-order valence-corrected chi connectivity index (χ4v) is 4.54. The third-order valence-corrected chi connectivity index (χ3v) is 6.11. The number of benzene rings is 3. The van der Waals surface area contributed by atoms with Gasteiger partial charge in [-0.2, -0.15) is 0 Å². The van der Waals surface area contributed by atoms with Crippen LogP contribution in [0.3, 0.4) is 0 Å². The second-order valence-corrected chi connectivity index (χ2v) is 8.25. The molecular formula is C25H21ClN2O2. The van der Waals surface area contributed by atoms with Crippen LogP contribution in [0.25, 0.3) is 0 Å². The van der Waals surface area contributed by atoms with Crippen molar-refractivity contribution >= 4 is 28.8 Å². The van der Waals surface area contributed by atoms with E-state index in [1.54, 1.807) is 18.2 Å². The zero-order valence-corrected chi connectivity index (χ0v) is 17.0. The highest BCUT2D eigenvalue weighted by atomic mass is 35.5. The van der Waals surface area contributed by atoms with E-state index in [4.69, 9.17) is 11.6 Å². The highest BCUT2D eigenvalue weighted by Crippen LogP contribution is 2.44. The number of allylic oxidation sites excluding steroid dienone is 1. The lowest BCUT2D eigenvalue weighted by atomic mass is 9.78. The number of hydrogen-bond donors (Lipinski definition) is 3. The molecule has 150 valence electrons. The summed E-state index contributed by atoms with van der Waals surface area (Å²) in [5.74, 6) is 0.387. The number of hydrogen-bond acceptors (Lipinski definition) is 4. The number of phenols is 1. The van der Waals surface area contributed by atoms with Crippen LogP contribution in [0, 0.1) is 0 Å². The van der Waals surface area contributed by atoms with Crippen molar-refractivity contribution in [2.75, 3.05) is 10.6 Å². The fraction of sp³-hybridized carbons (Fsp3) is 0.160. The Hall–Kier alpha value is -3.24. The Labute approximate surface area is 180 Å². The van der Waals surface area contributed by atoms with Gasteiger partial charge in [-0.05, 0) is 59.9 Å². The molecule has 4 nitrogen and oxygen atoms in total. The fourth-order valence-electron chi connectivity index (χ4n) is 4.42. The Morgan fingerprint density at radius 2 is 1.63 bits per heavy atom. The van der Waals surface area contributed by atoms with E-state index < -0.39 is 0 Å². The van der Waals surface area contributed by atoms with Gasteiger partial charge in [0.2, 0.25) is 0 Å². The van der Waals surface area contributed by atoms with Gasteiger partial charge in [0.05, 0.1) is 17.4 Å². The van der Waals surface area contributed by atoms with E-state index in [-0.39, 0.29) is 23.5 Å². The van der Waals surface area contributed by atoms with E-state index in [1.165, 1.54) is 0 Å². The molecule has 0 saturated carbocycles. The summed E-state index contributed by atoms with van der Waals surface area (Å²) < 4.78 is 0. The minimum absolute atomic E-state index is 0.0936. The highest BCUT2D eigenvalue weighted by Gasteiger charge is 2.36. The Morgan fingerprint density at radius 3 is 2.40 bits per heavy atom. The molecule has 0 bridgehead atoms. The van der Waals surface area contributed by atoms with Crippen LogP contribution in [0.15, 0.2) is 84.1 Å². The zero-order valence-electron chi connectivity index (χ0n) is 16.2. The van der Waals surface area contributed by atoms with Crippen molar-refractivity contribution in [2.24, 2.45) is 0 Å². The maximum atomic E-state index is 13.4. The summed E-state index contributed by atoms with van der Waals surface area (Å²) in [5.41, 5.74) is 5.51. The lowest BCUT2D eigenvalue weighted by Gasteiger charge is -2.30. The molecular weight excluding hydrogens is 396 g/mol. The largest absolute Gasteiger partial charge is 0.508 e. The molecule has 0 saturated heterocycles. The molecule has 0 amide bonds. The molecule has 0 spiro atoms. The average Bonchev–Trinajstić information content (AvgIpc) is 2.91. The van der Waals surface area contributed by atoms with Crippen molar-refractivity contribution in [3.63, 3.8) is 0 Å². The van der Waals surface area contributed by atoms with Crippen molar-refractivity contribution in [1.29, 1.82) is 0 Å². The minimum atomic E-state index is -0.332. The summed E-state index contributed by atoms with van der Waals surface area (Å²) >= 11 is 6.05. The molecule has 5 rings (SSSR count). The van der Waals surface area contributed by atoms with Gasteiger partial charge >= 0.3 is 0 Å². The van der Waals surface area contributed by atoms with Crippen LogP contribution in [0.1, 0.15) is 35.9 Å². The van der Waals surface area contributed by atoms with E-state index in [1.807, 2.05) is 54.6 Å². The van der Waals surface area contributed by atoms with Gasteiger partial charge in [-0.25, -0.2) is 0 Å². The Kier molecular flexibility index (Phi) is 4.72. The van der Waals surface area contributed by atoms with Gasteiger partial charge in [0.15, 0.2) is 5.78 Å². The second kappa shape index (κ2) is 7.54. The maximum Gasteiger partial charge on any atom is 0.163 e. The summed E-state index contributed by atoms with van der Waals surface area (Å²) in [7, 11) is 0. The molecule has 1 heterocycles. The quantitative estimate of drug-likeness (QED) is 0.477. The van der Waals surface area contributed by atoms with Crippen molar-refractivity contribution < 1.29 is 9.90 Å². The SMILES string of the molecule is O=C1CC(c2ccc(Cl)cc2)CC2=C1C(c1cccc(O)c1)Nc1ccccc1N2. The molecule has 0 aromatic heterocycles. The third kappa shape index (κ3) is 3.44.